The average Bonchev–Trinajstić information content (AvgIpc) is 2.73. The molecule has 0 aliphatic carbocycles. The fourth-order valence-electron chi connectivity index (χ4n) is 4.26. The van der Waals surface area contributed by atoms with Crippen LogP contribution in [-0.4, -0.2) is 78.9 Å². The van der Waals surface area contributed by atoms with Crippen molar-refractivity contribution in [1.29, 1.82) is 0 Å². The highest BCUT2D eigenvalue weighted by Crippen LogP contribution is 2.18. The van der Waals surface area contributed by atoms with E-state index in [-0.39, 0.29) is 17.7 Å². The van der Waals surface area contributed by atoms with Gasteiger partial charge in [-0.1, -0.05) is 36.8 Å². The SMILES string of the molecule is CCCNC(=O)C1CCN(CC(=O)N2CCN(Cc3cccc(C)c3)CC2)CC1. The van der Waals surface area contributed by atoms with Gasteiger partial charge >= 0.3 is 0 Å². The van der Waals surface area contributed by atoms with Crippen LogP contribution in [0.3, 0.4) is 0 Å². The van der Waals surface area contributed by atoms with Gasteiger partial charge in [-0.25, -0.2) is 0 Å². The van der Waals surface area contributed by atoms with Crippen molar-refractivity contribution >= 4 is 11.8 Å². The van der Waals surface area contributed by atoms with Crippen molar-refractivity contribution in [2.24, 2.45) is 5.92 Å². The van der Waals surface area contributed by atoms with Gasteiger partial charge in [-0.3, -0.25) is 19.4 Å². The van der Waals surface area contributed by atoms with Crippen molar-refractivity contribution in [2.45, 2.75) is 39.7 Å². The number of likely N-dealkylation sites (tertiary alicyclic amines) is 1. The Kier molecular flexibility index (Phi) is 8.07. The van der Waals surface area contributed by atoms with Gasteiger partial charge in [0.05, 0.1) is 6.54 Å². The van der Waals surface area contributed by atoms with Crippen molar-refractivity contribution in [3.63, 3.8) is 0 Å². The van der Waals surface area contributed by atoms with Crippen molar-refractivity contribution in [2.75, 3.05) is 52.4 Å². The van der Waals surface area contributed by atoms with Gasteiger partial charge in [-0.2, -0.15) is 0 Å². The fourth-order valence-corrected chi connectivity index (χ4v) is 4.26. The molecule has 1 aromatic rings. The van der Waals surface area contributed by atoms with Gasteiger partial charge in [-0.05, 0) is 44.8 Å². The minimum absolute atomic E-state index is 0.109. The van der Waals surface area contributed by atoms with E-state index < -0.39 is 0 Å². The molecular formula is C23H36N4O2. The number of aryl methyl sites for hydroxylation is 1. The molecule has 2 amide bonds. The number of piperazine rings is 1. The fraction of sp³-hybridized carbons (Fsp3) is 0.652. The summed E-state index contributed by atoms with van der Waals surface area (Å²) in [6, 6.07) is 8.65. The van der Waals surface area contributed by atoms with Crippen molar-refractivity contribution < 1.29 is 9.59 Å². The lowest BCUT2D eigenvalue weighted by molar-refractivity contribution is -0.134. The first-order valence-corrected chi connectivity index (χ1v) is 11.1. The summed E-state index contributed by atoms with van der Waals surface area (Å²) in [5.41, 5.74) is 2.64. The van der Waals surface area contributed by atoms with Crippen molar-refractivity contribution in [3.8, 4) is 0 Å². The van der Waals surface area contributed by atoms with E-state index in [1.165, 1.54) is 11.1 Å². The van der Waals surface area contributed by atoms with Crippen LogP contribution >= 0.6 is 0 Å². The van der Waals surface area contributed by atoms with Gasteiger partial charge in [0.25, 0.3) is 0 Å². The summed E-state index contributed by atoms with van der Waals surface area (Å²) >= 11 is 0. The topological polar surface area (TPSA) is 55.9 Å². The van der Waals surface area contributed by atoms with Crippen molar-refractivity contribution in [3.05, 3.63) is 35.4 Å². The molecule has 29 heavy (non-hydrogen) atoms. The Balaban J connectivity index is 1.36. The van der Waals surface area contributed by atoms with Gasteiger partial charge in [0.2, 0.25) is 11.8 Å². The molecule has 2 heterocycles. The summed E-state index contributed by atoms with van der Waals surface area (Å²) in [7, 11) is 0. The Morgan fingerprint density at radius 2 is 1.76 bits per heavy atom. The first-order valence-electron chi connectivity index (χ1n) is 11.1. The molecule has 0 spiro atoms. The number of benzene rings is 1. The molecule has 0 atom stereocenters. The lowest BCUT2D eigenvalue weighted by Crippen LogP contribution is -2.51. The molecule has 160 valence electrons. The van der Waals surface area contributed by atoms with E-state index >= 15 is 0 Å². The maximum Gasteiger partial charge on any atom is 0.236 e. The third kappa shape index (κ3) is 6.54. The van der Waals surface area contributed by atoms with E-state index in [1.54, 1.807) is 0 Å². The zero-order chi connectivity index (χ0) is 20.6. The van der Waals surface area contributed by atoms with Gasteiger partial charge in [0.1, 0.15) is 0 Å². The Morgan fingerprint density at radius 1 is 1.03 bits per heavy atom. The lowest BCUT2D eigenvalue weighted by Gasteiger charge is -2.37. The predicted molar refractivity (Wildman–Crippen MR) is 116 cm³/mol. The van der Waals surface area contributed by atoms with Crippen LogP contribution in [0.1, 0.15) is 37.3 Å². The number of nitrogens with one attached hydrogen (secondary N) is 1. The Hall–Kier alpha value is -1.92. The highest BCUT2D eigenvalue weighted by molar-refractivity contribution is 5.79. The number of carbonyl (C=O) groups excluding carboxylic acids is 2. The average molecular weight is 401 g/mol. The summed E-state index contributed by atoms with van der Waals surface area (Å²) < 4.78 is 0. The molecule has 0 radical (unpaired) electrons. The van der Waals surface area contributed by atoms with E-state index in [9.17, 15) is 9.59 Å². The maximum atomic E-state index is 12.7. The largest absolute Gasteiger partial charge is 0.356 e. The van der Waals surface area contributed by atoms with Crippen LogP contribution in [0.25, 0.3) is 0 Å². The molecule has 6 heteroatoms. The first kappa shape index (κ1) is 21.8. The van der Waals surface area contributed by atoms with Crippen LogP contribution in [0.15, 0.2) is 24.3 Å². The second-order valence-electron chi connectivity index (χ2n) is 8.49. The first-order chi connectivity index (χ1) is 14.0. The number of piperidine rings is 1. The molecule has 0 aromatic heterocycles. The van der Waals surface area contributed by atoms with Gasteiger partial charge in [0.15, 0.2) is 0 Å². The summed E-state index contributed by atoms with van der Waals surface area (Å²) in [4.78, 5) is 31.5. The molecule has 0 bridgehead atoms. The quantitative estimate of drug-likeness (QED) is 0.759. The normalized spacial score (nSPS) is 19.3. The molecule has 1 N–H and O–H groups in total. The summed E-state index contributed by atoms with van der Waals surface area (Å²) in [6.45, 7) is 11.5. The van der Waals surface area contributed by atoms with E-state index in [0.717, 1.165) is 71.6 Å². The molecule has 2 aliphatic rings. The number of rotatable bonds is 7. The summed E-state index contributed by atoms with van der Waals surface area (Å²) in [5, 5.41) is 3.00. The summed E-state index contributed by atoms with van der Waals surface area (Å²) in [6.07, 6.45) is 2.68. The second kappa shape index (κ2) is 10.7. The smallest absolute Gasteiger partial charge is 0.236 e. The molecule has 2 saturated heterocycles. The molecule has 2 aliphatic heterocycles. The Morgan fingerprint density at radius 3 is 2.41 bits per heavy atom. The van der Waals surface area contributed by atoms with Crippen LogP contribution in [0, 0.1) is 12.8 Å². The van der Waals surface area contributed by atoms with E-state index in [4.69, 9.17) is 0 Å². The minimum Gasteiger partial charge on any atom is -0.356 e. The highest BCUT2D eigenvalue weighted by Gasteiger charge is 2.28. The second-order valence-corrected chi connectivity index (χ2v) is 8.49. The lowest BCUT2D eigenvalue weighted by atomic mass is 9.96. The Bertz CT molecular complexity index is 677. The van der Waals surface area contributed by atoms with Crippen LogP contribution in [0.5, 0.6) is 0 Å². The van der Waals surface area contributed by atoms with Crippen molar-refractivity contribution in [1.82, 2.24) is 20.0 Å². The summed E-state index contributed by atoms with van der Waals surface area (Å²) in [5.74, 6) is 0.523. The van der Waals surface area contributed by atoms with E-state index in [0.29, 0.717) is 6.54 Å². The number of carbonyl (C=O) groups is 2. The van der Waals surface area contributed by atoms with Crippen LogP contribution in [0.4, 0.5) is 0 Å². The molecule has 1 aromatic carbocycles. The highest BCUT2D eigenvalue weighted by atomic mass is 16.2. The van der Waals surface area contributed by atoms with Gasteiger partial charge in [-0.15, -0.1) is 0 Å². The zero-order valence-electron chi connectivity index (χ0n) is 18.0. The monoisotopic (exact) mass is 400 g/mol. The molecule has 0 unspecified atom stereocenters. The number of nitrogens with zero attached hydrogens (tertiary/aromatic N) is 3. The van der Waals surface area contributed by atoms with Gasteiger partial charge < -0.3 is 10.2 Å². The minimum atomic E-state index is 0.109. The zero-order valence-corrected chi connectivity index (χ0v) is 18.0. The third-order valence-corrected chi connectivity index (χ3v) is 6.08. The third-order valence-electron chi connectivity index (χ3n) is 6.08. The molecule has 0 saturated carbocycles. The number of hydrogen-bond donors (Lipinski definition) is 1. The maximum absolute atomic E-state index is 12.7. The van der Waals surface area contributed by atoms with Crippen LogP contribution in [-0.2, 0) is 16.1 Å². The molecule has 2 fully saturated rings. The standard InChI is InChI=1S/C23H36N4O2/c1-3-9-24-23(29)21-7-10-25(11-8-21)18-22(28)27-14-12-26(13-15-27)17-20-6-4-5-19(2)16-20/h4-6,16,21H,3,7-15,17-18H2,1-2H3,(H,24,29). The number of amides is 2. The predicted octanol–water partition coefficient (Wildman–Crippen LogP) is 1.88. The molecular weight excluding hydrogens is 364 g/mol. The molecule has 6 nitrogen and oxygen atoms in total. The van der Waals surface area contributed by atoms with E-state index in [1.807, 2.05) is 4.90 Å². The van der Waals surface area contributed by atoms with Gasteiger partial charge in [0, 0.05) is 45.2 Å². The van der Waals surface area contributed by atoms with Crippen LogP contribution in [0.2, 0.25) is 0 Å². The van der Waals surface area contributed by atoms with Crippen LogP contribution < -0.4 is 5.32 Å². The Labute approximate surface area is 175 Å². The number of hydrogen-bond acceptors (Lipinski definition) is 4. The van der Waals surface area contributed by atoms with E-state index in [2.05, 4.69) is 53.2 Å². The molecule has 3 rings (SSSR count).